The monoisotopic (exact) mass is 747 g/mol. The van der Waals surface area contributed by atoms with Crippen molar-refractivity contribution in [3.05, 3.63) is 45.4 Å². The molecule has 2 aromatic rings. The molecular weight excluding hydrogens is 702 g/mol. The van der Waals surface area contributed by atoms with Crippen LogP contribution in [0.25, 0.3) is 0 Å². The Morgan fingerprint density at radius 1 is 1.14 bits per heavy atom. The third kappa shape index (κ3) is 7.38. The number of halogens is 1. The van der Waals surface area contributed by atoms with Crippen LogP contribution in [0.3, 0.4) is 0 Å². The number of ketones is 1. The van der Waals surface area contributed by atoms with Gasteiger partial charge in [-0.3, -0.25) is 24.0 Å². The molecule has 3 fully saturated rings. The number of hydrogen-bond acceptors (Lipinski definition) is 10. The number of ether oxygens (including phenoxy) is 1. The summed E-state index contributed by atoms with van der Waals surface area (Å²) in [5.74, 6) is -1.42. The van der Waals surface area contributed by atoms with Gasteiger partial charge in [0.15, 0.2) is 10.9 Å². The van der Waals surface area contributed by atoms with E-state index >= 15 is 0 Å². The number of nitrogens with one attached hydrogen (secondary N) is 2. The summed E-state index contributed by atoms with van der Waals surface area (Å²) in [4.78, 5) is 64.2. The molecule has 12 nitrogen and oxygen atoms in total. The molecule has 50 heavy (non-hydrogen) atoms. The second-order valence-electron chi connectivity index (χ2n) is 14.9. The van der Waals surface area contributed by atoms with Gasteiger partial charge in [0.25, 0.3) is 0 Å². The molecule has 3 amide bonds. The number of nitrogens with zero attached hydrogens (tertiary/aromatic N) is 3. The lowest BCUT2D eigenvalue weighted by atomic mass is 9.90. The molecule has 0 unspecified atom stereocenters. The number of hydrogen-bond donors (Lipinski definition) is 2. The summed E-state index contributed by atoms with van der Waals surface area (Å²) in [5, 5.41) is 3.87. The van der Waals surface area contributed by atoms with Crippen molar-refractivity contribution in [3.63, 3.8) is 0 Å². The summed E-state index contributed by atoms with van der Waals surface area (Å²) < 4.78 is 33.6. The zero-order chi connectivity index (χ0) is 36.1. The van der Waals surface area contributed by atoms with Gasteiger partial charge in [-0.1, -0.05) is 64.8 Å². The number of rotatable bonds is 13. The number of likely N-dealkylation sites (tertiary alicyclic amines) is 1. The molecule has 0 bridgehead atoms. The number of thiazole rings is 1. The van der Waals surface area contributed by atoms with Crippen molar-refractivity contribution in [2.45, 2.75) is 116 Å². The molecule has 1 saturated heterocycles. The van der Waals surface area contributed by atoms with Crippen molar-refractivity contribution in [3.8, 4) is 0 Å². The van der Waals surface area contributed by atoms with Crippen LogP contribution in [-0.2, 0) is 42.2 Å². The molecule has 0 radical (unpaired) electrons. The van der Waals surface area contributed by atoms with E-state index in [1.807, 2.05) is 32.9 Å². The first kappa shape index (κ1) is 36.6. The number of anilines is 1. The molecule has 2 aliphatic heterocycles. The van der Waals surface area contributed by atoms with E-state index in [9.17, 15) is 27.6 Å². The van der Waals surface area contributed by atoms with Gasteiger partial charge in [-0.05, 0) is 54.2 Å². The van der Waals surface area contributed by atoms with E-state index in [2.05, 4.69) is 28.9 Å². The normalized spacial score (nSPS) is 25.1. The van der Waals surface area contributed by atoms with Gasteiger partial charge in [-0.25, -0.2) is 18.2 Å². The van der Waals surface area contributed by atoms with Crippen molar-refractivity contribution in [1.29, 1.82) is 0 Å². The third-order valence-electron chi connectivity index (χ3n) is 10.5. The van der Waals surface area contributed by atoms with E-state index in [0.717, 1.165) is 16.0 Å². The molecule has 0 spiro atoms. The van der Waals surface area contributed by atoms with Gasteiger partial charge in [0, 0.05) is 35.5 Å². The topological polar surface area (TPSA) is 155 Å². The summed E-state index contributed by atoms with van der Waals surface area (Å²) in [6.07, 6.45) is 2.29. The lowest BCUT2D eigenvalue weighted by molar-refractivity contribution is -0.140. The highest BCUT2D eigenvalue weighted by Crippen LogP contribution is 2.58. The predicted octanol–water partition coefficient (Wildman–Crippen LogP) is 5.46. The number of Topliss-reactive ketones (excluding diaryl/α,β-unsaturated/α-hetero) is 1. The summed E-state index contributed by atoms with van der Waals surface area (Å²) >= 11 is 7.84. The fourth-order valence-corrected chi connectivity index (χ4v) is 9.71. The Labute approximate surface area is 302 Å². The first-order valence-electron chi connectivity index (χ1n) is 17.5. The van der Waals surface area contributed by atoms with Crippen LogP contribution >= 0.6 is 22.9 Å². The number of carbonyl (C=O) groups is 4. The van der Waals surface area contributed by atoms with Gasteiger partial charge >= 0.3 is 6.09 Å². The number of aromatic nitrogens is 1. The Balaban J connectivity index is 1.22. The number of benzene rings is 1. The van der Waals surface area contributed by atoms with Crippen LogP contribution in [-0.4, -0.2) is 76.9 Å². The third-order valence-corrected chi connectivity index (χ3v) is 13.9. The quantitative estimate of drug-likeness (QED) is 0.272. The highest BCUT2D eigenvalue weighted by atomic mass is 35.5. The zero-order valence-corrected chi connectivity index (χ0v) is 31.5. The predicted molar refractivity (Wildman–Crippen MR) is 190 cm³/mol. The number of amides is 3. The smallest absolute Gasteiger partial charge is 0.410 e. The van der Waals surface area contributed by atoms with Gasteiger partial charge in [0.1, 0.15) is 12.1 Å². The lowest BCUT2D eigenvalue weighted by Gasteiger charge is -2.31. The average Bonchev–Trinajstić information content (AvgIpc) is 3.86. The van der Waals surface area contributed by atoms with Gasteiger partial charge in [-0.2, -0.15) is 0 Å². The minimum absolute atomic E-state index is 0.00496. The van der Waals surface area contributed by atoms with E-state index in [4.69, 9.17) is 16.3 Å². The van der Waals surface area contributed by atoms with Gasteiger partial charge < -0.3 is 15.0 Å². The molecule has 3 heterocycles. The highest BCUT2D eigenvalue weighted by molar-refractivity contribution is 7.90. The average molecular weight is 748 g/mol. The molecule has 6 rings (SSSR count). The van der Waals surface area contributed by atoms with Crippen LogP contribution in [0.2, 0.25) is 5.02 Å². The number of sulfonamides is 1. The number of fused-ring (bicyclic) bond motifs is 1. The Hall–Kier alpha value is -3.23. The van der Waals surface area contributed by atoms with Gasteiger partial charge in [0.05, 0.1) is 29.8 Å². The minimum atomic E-state index is -3.81. The van der Waals surface area contributed by atoms with E-state index in [0.29, 0.717) is 42.4 Å². The molecule has 272 valence electrons. The minimum Gasteiger partial charge on any atom is -0.444 e. The van der Waals surface area contributed by atoms with E-state index in [-0.39, 0.29) is 55.4 Å². The van der Waals surface area contributed by atoms with Gasteiger partial charge in [-0.15, -0.1) is 11.3 Å². The Kier molecular flexibility index (Phi) is 10.3. The zero-order valence-electron chi connectivity index (χ0n) is 29.1. The molecule has 5 atom stereocenters. The second-order valence-corrected chi connectivity index (χ2v) is 18.3. The summed E-state index contributed by atoms with van der Waals surface area (Å²) in [7, 11) is -3.81. The fourth-order valence-electron chi connectivity index (χ4n) is 7.22. The Morgan fingerprint density at radius 3 is 2.48 bits per heavy atom. The van der Waals surface area contributed by atoms with Crippen molar-refractivity contribution < 1.29 is 32.3 Å². The van der Waals surface area contributed by atoms with Crippen molar-refractivity contribution in [2.75, 3.05) is 11.9 Å². The molecule has 4 aliphatic rings. The number of carbonyl (C=O) groups excluding carboxylic acids is 4. The maximum atomic E-state index is 14.4. The van der Waals surface area contributed by atoms with Crippen molar-refractivity contribution in [2.24, 2.45) is 17.3 Å². The molecule has 15 heteroatoms. The van der Waals surface area contributed by atoms with Crippen LogP contribution in [0.1, 0.15) is 95.1 Å². The highest BCUT2D eigenvalue weighted by Gasteiger charge is 2.61. The second kappa shape index (κ2) is 14.1. The van der Waals surface area contributed by atoms with Crippen molar-refractivity contribution in [1.82, 2.24) is 19.5 Å². The Bertz CT molecular complexity index is 1780. The van der Waals surface area contributed by atoms with Crippen LogP contribution < -0.4 is 10.0 Å². The van der Waals surface area contributed by atoms with Crippen molar-refractivity contribution >= 4 is 61.8 Å². The van der Waals surface area contributed by atoms with E-state index in [1.54, 1.807) is 17.2 Å². The molecule has 2 N–H and O–H groups in total. The van der Waals surface area contributed by atoms with Crippen LogP contribution in [0, 0.1) is 17.3 Å². The van der Waals surface area contributed by atoms with E-state index < -0.39 is 50.9 Å². The summed E-state index contributed by atoms with van der Waals surface area (Å²) in [6, 6.07) is 3.81. The maximum Gasteiger partial charge on any atom is 0.410 e. The van der Waals surface area contributed by atoms with Gasteiger partial charge in [0.2, 0.25) is 21.8 Å². The van der Waals surface area contributed by atoms with E-state index in [1.165, 1.54) is 16.2 Å². The summed E-state index contributed by atoms with van der Waals surface area (Å²) in [5.41, 5.74) is 0.627. The van der Waals surface area contributed by atoms with Crippen LogP contribution in [0.4, 0.5) is 9.93 Å². The Morgan fingerprint density at radius 2 is 1.88 bits per heavy atom. The SMILES string of the molecule is CC[C@@H]1C[C@]1(CC(=O)[C@@H]1C[C@@H](OC(=O)N2Cc3cccc(Cl)c3C2)CN1C(=O)[C@@H](Nc1ncc(C(C)C)s1)C(C)C)C(=O)NS(=O)(=O)C1CC1. The molecule has 1 aromatic carbocycles. The summed E-state index contributed by atoms with van der Waals surface area (Å²) in [6.45, 7) is 10.5. The fraction of sp³-hybridized carbons (Fsp3) is 0.629. The maximum absolute atomic E-state index is 14.4. The first-order valence-corrected chi connectivity index (χ1v) is 20.2. The molecule has 2 saturated carbocycles. The first-order chi connectivity index (χ1) is 23.6. The molecule has 2 aliphatic carbocycles. The van der Waals surface area contributed by atoms with Crippen LogP contribution in [0.15, 0.2) is 24.4 Å². The lowest BCUT2D eigenvalue weighted by Crippen LogP contribution is -2.50. The molecular formula is C35H46ClN5O7S2. The standard InChI is InChI=1S/C35H46ClN5O7S2/c1-6-22-13-35(22,32(44)39-50(46,47)24-10-11-24)14-28(42)27-12-23(48-34(45)40-16-21-8-7-9-26(36)25(21)18-40)17-41(27)31(43)30(20(4)5)38-33-37-15-29(49-33)19(2)3/h7-9,15,19-20,22-24,27,30H,6,10-14,16-18H2,1-5H3,(H,37,38)(H,39,44)/t22-,23-,27+,30+,35-/m1/s1. The molecule has 1 aromatic heterocycles. The van der Waals surface area contributed by atoms with Crippen LogP contribution in [0.5, 0.6) is 0 Å². The largest absolute Gasteiger partial charge is 0.444 e.